The van der Waals surface area contributed by atoms with E-state index in [0.717, 1.165) is 16.7 Å². The highest BCUT2D eigenvalue weighted by Crippen LogP contribution is 2.41. The van der Waals surface area contributed by atoms with Crippen LogP contribution in [0.4, 0.5) is 16.2 Å². The minimum absolute atomic E-state index is 0.00983. The first-order valence-corrected chi connectivity index (χ1v) is 8.26. The Morgan fingerprint density at radius 2 is 2.04 bits per heavy atom. The van der Waals surface area contributed by atoms with E-state index in [1.807, 2.05) is 20.8 Å². The van der Waals surface area contributed by atoms with Gasteiger partial charge < -0.3 is 30.1 Å². The first kappa shape index (κ1) is 17.5. The van der Waals surface area contributed by atoms with Crippen LogP contribution in [0.25, 0.3) is 0 Å². The average Bonchev–Trinajstić information content (AvgIpc) is 2.81. The molecule has 25 heavy (non-hydrogen) atoms. The molecule has 0 bridgehead atoms. The Morgan fingerprint density at radius 3 is 2.80 bits per heavy atom. The van der Waals surface area contributed by atoms with Crippen LogP contribution in [0.15, 0.2) is 0 Å². The summed E-state index contributed by atoms with van der Waals surface area (Å²) >= 11 is 0. The number of aliphatic hydroxyl groups excluding tert-OH is 1. The fraction of sp³-hybridized carbons (Fsp3) is 0.529. The highest BCUT2D eigenvalue weighted by molar-refractivity contribution is 6.00. The number of nitrogens with zero attached hydrogens (tertiary/aromatic N) is 1. The molecule has 0 aliphatic carbocycles. The number of urea groups is 1. The minimum atomic E-state index is -0.701. The number of hydrogen-bond donors (Lipinski definition) is 3. The average molecular weight is 349 g/mol. The number of nitrogens with one attached hydrogen (secondary N) is 2. The lowest BCUT2D eigenvalue weighted by Crippen LogP contribution is -2.40. The summed E-state index contributed by atoms with van der Waals surface area (Å²) in [5, 5.41) is 15.5. The molecule has 3 amide bonds. The molecule has 0 unspecified atom stereocenters. The zero-order chi connectivity index (χ0) is 18.1. The van der Waals surface area contributed by atoms with E-state index >= 15 is 0 Å². The summed E-state index contributed by atoms with van der Waals surface area (Å²) in [5.74, 6) is 0.426. The van der Waals surface area contributed by atoms with Gasteiger partial charge in [0, 0.05) is 12.1 Å². The van der Waals surface area contributed by atoms with Gasteiger partial charge in [0.05, 0.1) is 37.2 Å². The van der Waals surface area contributed by atoms with Crippen molar-refractivity contribution in [2.45, 2.75) is 26.9 Å². The second kappa shape index (κ2) is 6.89. The molecule has 1 aromatic rings. The molecule has 1 fully saturated rings. The molecular formula is C17H23N3O5. The maximum atomic E-state index is 12.6. The molecule has 0 aromatic heterocycles. The van der Waals surface area contributed by atoms with Gasteiger partial charge in [-0.05, 0) is 31.9 Å². The number of amides is 3. The number of carbonyl (C=O) groups excluding carboxylic acids is 2. The molecule has 1 saturated heterocycles. The van der Waals surface area contributed by atoms with Crippen LogP contribution >= 0.6 is 0 Å². The highest BCUT2D eigenvalue weighted by Gasteiger charge is 2.27. The lowest BCUT2D eigenvalue weighted by atomic mass is 9.99. The third-order valence-corrected chi connectivity index (χ3v) is 4.63. The molecule has 2 aliphatic rings. The van der Waals surface area contributed by atoms with E-state index in [2.05, 4.69) is 10.6 Å². The first-order valence-electron chi connectivity index (χ1n) is 8.26. The number of hydrogen-bond acceptors (Lipinski definition) is 5. The van der Waals surface area contributed by atoms with Gasteiger partial charge in [-0.1, -0.05) is 0 Å². The Balaban J connectivity index is 1.89. The molecule has 0 radical (unpaired) electrons. The third-order valence-electron chi connectivity index (χ3n) is 4.63. The molecule has 2 aliphatic heterocycles. The van der Waals surface area contributed by atoms with E-state index in [1.165, 1.54) is 4.90 Å². The fourth-order valence-electron chi connectivity index (χ4n) is 3.12. The van der Waals surface area contributed by atoms with Crippen LogP contribution in [-0.2, 0) is 9.53 Å². The molecule has 0 saturated carbocycles. The second-order valence-corrected chi connectivity index (χ2v) is 6.40. The molecule has 136 valence electrons. The number of fused-ring (bicyclic) bond motifs is 1. The molecule has 2 heterocycles. The molecular weight excluding hydrogens is 326 g/mol. The molecule has 0 spiro atoms. The summed E-state index contributed by atoms with van der Waals surface area (Å²) in [4.78, 5) is 25.8. The predicted octanol–water partition coefficient (Wildman–Crippen LogP) is 1.17. The Morgan fingerprint density at radius 1 is 1.28 bits per heavy atom. The number of ether oxygens (including phenoxy) is 2. The van der Waals surface area contributed by atoms with Crippen molar-refractivity contribution in [1.82, 2.24) is 4.90 Å². The molecule has 3 N–H and O–H groups in total. The Bertz CT molecular complexity index is 719. The van der Waals surface area contributed by atoms with Crippen molar-refractivity contribution in [3.63, 3.8) is 0 Å². The second-order valence-electron chi connectivity index (χ2n) is 6.40. The van der Waals surface area contributed by atoms with Crippen LogP contribution in [0, 0.1) is 20.8 Å². The van der Waals surface area contributed by atoms with Crippen LogP contribution < -0.4 is 15.4 Å². The maximum absolute atomic E-state index is 12.6. The zero-order valence-corrected chi connectivity index (χ0v) is 14.6. The molecule has 8 heteroatoms. The van der Waals surface area contributed by atoms with Gasteiger partial charge in [-0.2, -0.15) is 0 Å². The lowest BCUT2D eigenvalue weighted by molar-refractivity contribution is -0.118. The van der Waals surface area contributed by atoms with Crippen molar-refractivity contribution >= 4 is 23.3 Å². The number of rotatable bonds is 1. The largest absolute Gasteiger partial charge is 0.481 e. The van der Waals surface area contributed by atoms with E-state index in [1.54, 1.807) is 0 Å². The molecule has 8 nitrogen and oxygen atoms in total. The summed E-state index contributed by atoms with van der Waals surface area (Å²) in [5.41, 5.74) is 3.73. The number of benzene rings is 1. The van der Waals surface area contributed by atoms with E-state index in [0.29, 0.717) is 30.3 Å². The number of β-amino-alcohol motifs (C(OH)–C–C–N with tert-alkyl or cyclic N) is 1. The van der Waals surface area contributed by atoms with Crippen molar-refractivity contribution < 1.29 is 24.2 Å². The lowest BCUT2D eigenvalue weighted by Gasteiger charge is -2.27. The zero-order valence-electron chi connectivity index (χ0n) is 14.6. The van der Waals surface area contributed by atoms with Gasteiger partial charge >= 0.3 is 6.03 Å². The van der Waals surface area contributed by atoms with Gasteiger partial charge in [0.2, 0.25) is 0 Å². The van der Waals surface area contributed by atoms with Crippen molar-refractivity contribution in [2.75, 3.05) is 43.5 Å². The summed E-state index contributed by atoms with van der Waals surface area (Å²) in [7, 11) is 0. The highest BCUT2D eigenvalue weighted by atomic mass is 16.5. The van der Waals surface area contributed by atoms with Crippen molar-refractivity contribution in [3.05, 3.63) is 16.7 Å². The van der Waals surface area contributed by atoms with Gasteiger partial charge in [0.1, 0.15) is 5.75 Å². The van der Waals surface area contributed by atoms with Crippen molar-refractivity contribution in [3.8, 4) is 5.75 Å². The quantitative estimate of drug-likeness (QED) is 0.707. The number of aliphatic hydroxyl groups is 1. The molecule has 3 rings (SSSR count). The van der Waals surface area contributed by atoms with E-state index in [4.69, 9.17) is 9.47 Å². The Kier molecular flexibility index (Phi) is 4.82. The normalized spacial score (nSPS) is 20.2. The van der Waals surface area contributed by atoms with Crippen LogP contribution in [0.2, 0.25) is 0 Å². The van der Waals surface area contributed by atoms with Gasteiger partial charge in [-0.15, -0.1) is 0 Å². The number of anilines is 2. The van der Waals surface area contributed by atoms with E-state index in [-0.39, 0.29) is 31.7 Å². The van der Waals surface area contributed by atoms with Crippen LogP contribution in [0.1, 0.15) is 16.7 Å². The van der Waals surface area contributed by atoms with Crippen LogP contribution in [-0.4, -0.2) is 61.0 Å². The van der Waals surface area contributed by atoms with E-state index in [9.17, 15) is 14.7 Å². The summed E-state index contributed by atoms with van der Waals surface area (Å²) in [6.07, 6.45) is -0.701. The Labute approximate surface area is 146 Å². The Hall–Kier alpha value is -2.32. The van der Waals surface area contributed by atoms with E-state index < -0.39 is 6.10 Å². The maximum Gasteiger partial charge on any atom is 0.322 e. The van der Waals surface area contributed by atoms with Gasteiger partial charge in [0.15, 0.2) is 6.61 Å². The standard InChI is InChI=1S/C17H23N3O5/c1-9-10(2)16-15(18-13(22)8-25-16)11(3)14(9)19-17(23)20-4-5-24-7-12(21)6-20/h12,21H,4-8H2,1-3H3,(H,18,22)(H,19,23)/t12-/m1/s1. The van der Waals surface area contributed by atoms with Crippen molar-refractivity contribution in [2.24, 2.45) is 0 Å². The summed E-state index contributed by atoms with van der Waals surface area (Å²) in [6.45, 7) is 6.85. The van der Waals surface area contributed by atoms with Crippen LogP contribution in [0.5, 0.6) is 5.75 Å². The predicted molar refractivity (Wildman–Crippen MR) is 92.2 cm³/mol. The van der Waals surface area contributed by atoms with Gasteiger partial charge in [-0.3, -0.25) is 4.79 Å². The minimum Gasteiger partial charge on any atom is -0.481 e. The fourth-order valence-corrected chi connectivity index (χ4v) is 3.12. The van der Waals surface area contributed by atoms with Crippen molar-refractivity contribution in [1.29, 1.82) is 0 Å². The molecule has 1 aromatic carbocycles. The van der Waals surface area contributed by atoms with Gasteiger partial charge in [-0.25, -0.2) is 4.79 Å². The topological polar surface area (TPSA) is 100 Å². The monoisotopic (exact) mass is 349 g/mol. The third kappa shape index (κ3) is 3.40. The SMILES string of the molecule is Cc1c(C)c2c(c(C)c1NC(=O)N1CCOC[C@H](O)C1)NC(=O)CO2. The molecule has 1 atom stereocenters. The smallest absolute Gasteiger partial charge is 0.322 e. The summed E-state index contributed by atoms with van der Waals surface area (Å²) < 4.78 is 10.8. The first-order chi connectivity index (χ1) is 11.9. The van der Waals surface area contributed by atoms with Crippen LogP contribution in [0.3, 0.4) is 0 Å². The van der Waals surface area contributed by atoms with Gasteiger partial charge in [0.25, 0.3) is 5.91 Å². The summed E-state index contributed by atoms with van der Waals surface area (Å²) in [6, 6.07) is -0.307. The number of carbonyl (C=O) groups is 2.